The van der Waals surface area contributed by atoms with Crippen molar-refractivity contribution in [3.8, 4) is 0 Å². The molecule has 2 nitrogen and oxygen atoms in total. The fourth-order valence-electron chi connectivity index (χ4n) is 3.56. The molecule has 1 atom stereocenters. The molecule has 0 N–H and O–H groups in total. The first-order chi connectivity index (χ1) is 8.01. The van der Waals surface area contributed by atoms with Gasteiger partial charge in [-0.25, -0.2) is 0 Å². The Kier molecular flexibility index (Phi) is 4.14. The molecule has 0 spiro atoms. The monoisotopic (exact) mass is 238 g/mol. The third kappa shape index (κ3) is 2.85. The summed E-state index contributed by atoms with van der Waals surface area (Å²) in [6.07, 6.45) is 5.64. The lowest BCUT2D eigenvalue weighted by Gasteiger charge is -2.45. The summed E-state index contributed by atoms with van der Waals surface area (Å²) in [5.41, 5.74) is 0.407. The first kappa shape index (κ1) is 13.4. The minimum absolute atomic E-state index is 0.407. The smallest absolute Gasteiger partial charge is 0.0194 e. The Bertz CT molecular complexity index is 241. The highest BCUT2D eigenvalue weighted by atomic mass is 15.2. The van der Waals surface area contributed by atoms with E-state index in [1.165, 1.54) is 51.9 Å². The van der Waals surface area contributed by atoms with Gasteiger partial charge in [0, 0.05) is 18.1 Å². The predicted molar refractivity (Wildman–Crippen MR) is 74.3 cm³/mol. The van der Waals surface area contributed by atoms with Gasteiger partial charge in [0.15, 0.2) is 0 Å². The van der Waals surface area contributed by atoms with Crippen molar-refractivity contribution in [3.05, 3.63) is 0 Å². The highest BCUT2D eigenvalue weighted by Gasteiger charge is 2.39. The van der Waals surface area contributed by atoms with E-state index in [2.05, 4.69) is 37.5 Å². The SMILES string of the molecule is CC(C)N1CCC(C(C)(C)N2CCCCC2)C1. The summed E-state index contributed by atoms with van der Waals surface area (Å²) in [5.74, 6) is 0.864. The van der Waals surface area contributed by atoms with E-state index in [1.807, 2.05) is 0 Å². The zero-order valence-electron chi connectivity index (χ0n) is 12.2. The van der Waals surface area contributed by atoms with Gasteiger partial charge in [-0.1, -0.05) is 6.42 Å². The van der Waals surface area contributed by atoms with E-state index >= 15 is 0 Å². The van der Waals surface area contributed by atoms with Crippen LogP contribution in [-0.4, -0.2) is 47.6 Å². The number of likely N-dealkylation sites (tertiary alicyclic amines) is 2. The molecular formula is C15H30N2. The second-order valence-electron chi connectivity index (χ2n) is 6.78. The summed E-state index contributed by atoms with van der Waals surface area (Å²) in [7, 11) is 0. The number of hydrogen-bond acceptors (Lipinski definition) is 2. The van der Waals surface area contributed by atoms with Crippen LogP contribution < -0.4 is 0 Å². The van der Waals surface area contributed by atoms with Gasteiger partial charge >= 0.3 is 0 Å². The number of rotatable bonds is 3. The molecule has 1 unspecified atom stereocenters. The molecule has 2 aliphatic rings. The number of hydrogen-bond donors (Lipinski definition) is 0. The van der Waals surface area contributed by atoms with Crippen LogP contribution in [0.3, 0.4) is 0 Å². The van der Waals surface area contributed by atoms with Crippen molar-refractivity contribution in [1.82, 2.24) is 9.80 Å². The first-order valence-electron chi connectivity index (χ1n) is 7.51. The van der Waals surface area contributed by atoms with Gasteiger partial charge in [0.1, 0.15) is 0 Å². The van der Waals surface area contributed by atoms with Crippen LogP contribution in [0.5, 0.6) is 0 Å². The third-order valence-electron chi connectivity index (χ3n) is 5.12. The Balaban J connectivity index is 1.95. The second kappa shape index (κ2) is 5.27. The van der Waals surface area contributed by atoms with Gasteiger partial charge in [-0.2, -0.15) is 0 Å². The molecule has 2 heteroatoms. The van der Waals surface area contributed by atoms with Crippen molar-refractivity contribution >= 4 is 0 Å². The molecule has 0 aliphatic carbocycles. The molecule has 2 fully saturated rings. The lowest BCUT2D eigenvalue weighted by molar-refractivity contribution is 0.0461. The normalized spacial score (nSPS) is 29.1. The summed E-state index contributed by atoms with van der Waals surface area (Å²) in [4.78, 5) is 5.40. The van der Waals surface area contributed by atoms with E-state index < -0.39 is 0 Å². The van der Waals surface area contributed by atoms with Crippen molar-refractivity contribution in [1.29, 1.82) is 0 Å². The van der Waals surface area contributed by atoms with E-state index in [1.54, 1.807) is 0 Å². The molecule has 100 valence electrons. The summed E-state index contributed by atoms with van der Waals surface area (Å²) >= 11 is 0. The van der Waals surface area contributed by atoms with Gasteiger partial charge in [0.05, 0.1) is 0 Å². The third-order valence-corrected chi connectivity index (χ3v) is 5.12. The molecule has 2 heterocycles. The highest BCUT2D eigenvalue weighted by molar-refractivity contribution is 4.95. The van der Waals surface area contributed by atoms with Gasteiger partial charge in [-0.3, -0.25) is 4.90 Å². The zero-order valence-corrected chi connectivity index (χ0v) is 12.2. The van der Waals surface area contributed by atoms with Gasteiger partial charge < -0.3 is 4.90 Å². The number of piperidine rings is 1. The fraction of sp³-hybridized carbons (Fsp3) is 1.00. The van der Waals surface area contributed by atoms with Gasteiger partial charge in [-0.05, 0) is 72.5 Å². The minimum Gasteiger partial charge on any atom is -0.301 e. The fourth-order valence-corrected chi connectivity index (χ4v) is 3.56. The van der Waals surface area contributed by atoms with E-state index in [9.17, 15) is 0 Å². The van der Waals surface area contributed by atoms with Gasteiger partial charge in [0.25, 0.3) is 0 Å². The van der Waals surface area contributed by atoms with Crippen molar-refractivity contribution in [3.63, 3.8) is 0 Å². The number of nitrogens with zero attached hydrogens (tertiary/aromatic N) is 2. The Morgan fingerprint density at radius 1 is 1.00 bits per heavy atom. The van der Waals surface area contributed by atoms with Crippen molar-refractivity contribution in [2.75, 3.05) is 26.2 Å². The minimum atomic E-state index is 0.407. The quantitative estimate of drug-likeness (QED) is 0.746. The standard InChI is InChI=1S/C15H30N2/c1-13(2)16-11-8-14(12-16)15(3,4)17-9-6-5-7-10-17/h13-14H,5-12H2,1-4H3. The van der Waals surface area contributed by atoms with Crippen LogP contribution in [0.15, 0.2) is 0 Å². The summed E-state index contributed by atoms with van der Waals surface area (Å²) in [6.45, 7) is 14.9. The van der Waals surface area contributed by atoms with E-state index in [-0.39, 0.29) is 0 Å². The van der Waals surface area contributed by atoms with Crippen LogP contribution in [-0.2, 0) is 0 Å². The summed E-state index contributed by atoms with van der Waals surface area (Å²) < 4.78 is 0. The lowest BCUT2D eigenvalue weighted by atomic mass is 9.83. The molecule has 0 bridgehead atoms. The topological polar surface area (TPSA) is 6.48 Å². The predicted octanol–water partition coefficient (Wildman–Crippen LogP) is 2.98. The van der Waals surface area contributed by atoms with Crippen LogP contribution >= 0.6 is 0 Å². The van der Waals surface area contributed by atoms with Crippen LogP contribution in [0.2, 0.25) is 0 Å². The molecule has 2 aliphatic heterocycles. The Labute approximate surface area is 107 Å². The van der Waals surface area contributed by atoms with E-state index in [0.29, 0.717) is 5.54 Å². The molecular weight excluding hydrogens is 208 g/mol. The zero-order chi connectivity index (χ0) is 12.5. The molecule has 0 amide bonds. The average Bonchev–Trinajstić information content (AvgIpc) is 2.80. The Hall–Kier alpha value is -0.0800. The molecule has 0 aromatic rings. The largest absolute Gasteiger partial charge is 0.301 e. The molecule has 2 rings (SSSR count). The molecule has 2 saturated heterocycles. The maximum atomic E-state index is 2.75. The lowest BCUT2D eigenvalue weighted by Crippen LogP contribution is -2.52. The van der Waals surface area contributed by atoms with Crippen LogP contribution in [0.25, 0.3) is 0 Å². The Morgan fingerprint density at radius 2 is 1.65 bits per heavy atom. The first-order valence-corrected chi connectivity index (χ1v) is 7.51. The van der Waals surface area contributed by atoms with Crippen LogP contribution in [0.1, 0.15) is 53.4 Å². The molecule has 0 radical (unpaired) electrons. The molecule has 17 heavy (non-hydrogen) atoms. The van der Waals surface area contributed by atoms with Crippen molar-refractivity contribution in [2.24, 2.45) is 5.92 Å². The van der Waals surface area contributed by atoms with E-state index in [0.717, 1.165) is 12.0 Å². The van der Waals surface area contributed by atoms with E-state index in [4.69, 9.17) is 0 Å². The molecule has 0 saturated carbocycles. The maximum Gasteiger partial charge on any atom is 0.0194 e. The second-order valence-corrected chi connectivity index (χ2v) is 6.78. The average molecular weight is 238 g/mol. The molecule has 0 aromatic carbocycles. The summed E-state index contributed by atoms with van der Waals surface area (Å²) in [6, 6.07) is 0.720. The van der Waals surface area contributed by atoms with Crippen molar-refractivity contribution in [2.45, 2.75) is 65.0 Å². The van der Waals surface area contributed by atoms with Gasteiger partial charge in [-0.15, -0.1) is 0 Å². The molecule has 0 aromatic heterocycles. The van der Waals surface area contributed by atoms with Crippen molar-refractivity contribution < 1.29 is 0 Å². The van der Waals surface area contributed by atoms with Crippen LogP contribution in [0, 0.1) is 5.92 Å². The highest BCUT2D eigenvalue weighted by Crippen LogP contribution is 2.34. The van der Waals surface area contributed by atoms with Gasteiger partial charge in [0.2, 0.25) is 0 Å². The maximum absolute atomic E-state index is 2.75. The summed E-state index contributed by atoms with van der Waals surface area (Å²) in [5, 5.41) is 0. The Morgan fingerprint density at radius 3 is 2.18 bits per heavy atom. The van der Waals surface area contributed by atoms with Crippen LogP contribution in [0.4, 0.5) is 0 Å².